The van der Waals surface area contributed by atoms with Gasteiger partial charge in [0.2, 0.25) is 0 Å². The molecule has 0 heterocycles. The van der Waals surface area contributed by atoms with E-state index in [2.05, 4.69) is 5.32 Å². The molecule has 0 aromatic heterocycles. The highest BCUT2D eigenvalue weighted by atomic mass is 32.2. The summed E-state index contributed by atoms with van der Waals surface area (Å²) in [5.41, 5.74) is 2.98. The summed E-state index contributed by atoms with van der Waals surface area (Å²) in [6.07, 6.45) is 0.521. The molecule has 1 N–H and O–H groups in total. The largest absolute Gasteiger partial charge is 0.481 e. The zero-order chi connectivity index (χ0) is 19.5. The van der Waals surface area contributed by atoms with Crippen molar-refractivity contribution in [2.24, 2.45) is 0 Å². The highest BCUT2D eigenvalue weighted by Gasteiger charge is 2.18. The molecule has 1 amide bonds. The van der Waals surface area contributed by atoms with Crippen molar-refractivity contribution in [2.75, 3.05) is 6.26 Å². The zero-order valence-corrected chi connectivity index (χ0v) is 16.6. The fourth-order valence-corrected chi connectivity index (χ4v) is 3.31. The smallest absolute Gasteiger partial charge is 0.261 e. The molecular weight excluding hydrogens is 350 g/mol. The molecule has 26 heavy (non-hydrogen) atoms. The molecule has 0 fully saturated rings. The van der Waals surface area contributed by atoms with E-state index in [1.165, 1.54) is 6.26 Å². The molecular formula is C20H25NO4S. The molecule has 0 saturated carbocycles. The maximum absolute atomic E-state index is 12.4. The number of sulfone groups is 1. The van der Waals surface area contributed by atoms with Gasteiger partial charge in [0.25, 0.3) is 5.91 Å². The molecule has 5 nitrogen and oxygen atoms in total. The molecule has 2 rings (SSSR count). The standard InChI is InChI=1S/C20H25NO4S/c1-13-10-14(2)12-18(11-13)25-16(4)20(22)21-15(3)17-6-8-19(9-7-17)26(5,23)24/h6-12,15-16H,1-5H3,(H,21,22). The number of nitrogens with one attached hydrogen (secondary N) is 1. The van der Waals surface area contributed by atoms with Crippen molar-refractivity contribution < 1.29 is 17.9 Å². The van der Waals surface area contributed by atoms with Crippen LogP contribution in [0.5, 0.6) is 5.75 Å². The fourth-order valence-electron chi connectivity index (χ4n) is 2.68. The number of benzene rings is 2. The second kappa shape index (κ2) is 7.91. The summed E-state index contributed by atoms with van der Waals surface area (Å²) in [6, 6.07) is 12.1. The first-order valence-electron chi connectivity index (χ1n) is 8.41. The van der Waals surface area contributed by atoms with Gasteiger partial charge in [0.1, 0.15) is 5.75 Å². The van der Waals surface area contributed by atoms with Gasteiger partial charge in [-0.3, -0.25) is 4.79 Å². The number of hydrogen-bond acceptors (Lipinski definition) is 4. The van der Waals surface area contributed by atoms with Crippen LogP contribution in [0, 0.1) is 13.8 Å². The van der Waals surface area contributed by atoms with Gasteiger partial charge in [-0.25, -0.2) is 8.42 Å². The van der Waals surface area contributed by atoms with E-state index in [4.69, 9.17) is 4.74 Å². The molecule has 0 spiro atoms. The first-order chi connectivity index (χ1) is 12.1. The van der Waals surface area contributed by atoms with E-state index >= 15 is 0 Å². The maximum atomic E-state index is 12.4. The van der Waals surface area contributed by atoms with Crippen LogP contribution in [0.4, 0.5) is 0 Å². The van der Waals surface area contributed by atoms with Gasteiger partial charge in [-0.1, -0.05) is 18.2 Å². The summed E-state index contributed by atoms with van der Waals surface area (Å²) < 4.78 is 28.8. The number of amides is 1. The maximum Gasteiger partial charge on any atom is 0.261 e. The molecule has 0 saturated heterocycles. The third kappa shape index (κ3) is 5.33. The normalized spacial score (nSPS) is 13.7. The minimum Gasteiger partial charge on any atom is -0.481 e. The zero-order valence-electron chi connectivity index (χ0n) is 15.7. The van der Waals surface area contributed by atoms with Gasteiger partial charge < -0.3 is 10.1 Å². The number of carbonyl (C=O) groups is 1. The molecule has 0 aliphatic heterocycles. The van der Waals surface area contributed by atoms with Crippen LogP contribution in [-0.2, 0) is 14.6 Å². The lowest BCUT2D eigenvalue weighted by molar-refractivity contribution is -0.127. The van der Waals surface area contributed by atoms with Gasteiger partial charge >= 0.3 is 0 Å². The van der Waals surface area contributed by atoms with Gasteiger partial charge in [-0.2, -0.15) is 0 Å². The molecule has 2 atom stereocenters. The van der Waals surface area contributed by atoms with E-state index in [1.54, 1.807) is 31.2 Å². The fraction of sp³-hybridized carbons (Fsp3) is 0.350. The average Bonchev–Trinajstić information content (AvgIpc) is 2.53. The Labute approximate surface area is 155 Å². The van der Waals surface area contributed by atoms with E-state index in [9.17, 15) is 13.2 Å². The Balaban J connectivity index is 2.01. The van der Waals surface area contributed by atoms with Gasteiger partial charge in [0.15, 0.2) is 15.9 Å². The number of ether oxygens (including phenoxy) is 1. The van der Waals surface area contributed by atoms with Crippen LogP contribution in [0.2, 0.25) is 0 Å². The van der Waals surface area contributed by atoms with Gasteiger partial charge in [0, 0.05) is 6.26 Å². The summed E-state index contributed by atoms with van der Waals surface area (Å²) in [5, 5.41) is 2.89. The second-order valence-corrected chi connectivity index (χ2v) is 8.67. The Kier molecular flexibility index (Phi) is 6.08. The first-order valence-corrected chi connectivity index (χ1v) is 10.3. The van der Waals surface area contributed by atoms with Crippen LogP contribution in [-0.4, -0.2) is 26.7 Å². The molecule has 6 heteroatoms. The number of rotatable bonds is 6. The molecule has 2 aromatic carbocycles. The van der Waals surface area contributed by atoms with E-state index in [0.29, 0.717) is 5.75 Å². The molecule has 0 radical (unpaired) electrons. The van der Waals surface area contributed by atoms with Crippen LogP contribution < -0.4 is 10.1 Å². The Morgan fingerprint density at radius 1 is 1.00 bits per heavy atom. The Morgan fingerprint density at radius 2 is 1.54 bits per heavy atom. The van der Waals surface area contributed by atoms with Crippen molar-refractivity contribution in [1.29, 1.82) is 0 Å². The quantitative estimate of drug-likeness (QED) is 0.840. The Morgan fingerprint density at radius 3 is 2.04 bits per heavy atom. The molecule has 2 unspecified atom stereocenters. The van der Waals surface area contributed by atoms with Crippen molar-refractivity contribution in [3.05, 3.63) is 59.2 Å². The number of aryl methyl sites for hydroxylation is 2. The molecule has 0 aliphatic carbocycles. The van der Waals surface area contributed by atoms with Crippen LogP contribution in [0.3, 0.4) is 0 Å². The highest BCUT2D eigenvalue weighted by Crippen LogP contribution is 2.19. The summed E-state index contributed by atoms with van der Waals surface area (Å²) in [6.45, 7) is 7.50. The molecule has 140 valence electrons. The summed E-state index contributed by atoms with van der Waals surface area (Å²) in [4.78, 5) is 12.7. The summed E-state index contributed by atoms with van der Waals surface area (Å²) in [7, 11) is -3.23. The van der Waals surface area contributed by atoms with Crippen molar-refractivity contribution in [3.63, 3.8) is 0 Å². The van der Waals surface area contributed by atoms with Crippen molar-refractivity contribution >= 4 is 15.7 Å². The Bertz CT molecular complexity index is 868. The van der Waals surface area contributed by atoms with Crippen molar-refractivity contribution in [3.8, 4) is 5.75 Å². The van der Waals surface area contributed by atoms with Crippen molar-refractivity contribution in [2.45, 2.75) is 44.7 Å². The lowest BCUT2D eigenvalue weighted by Gasteiger charge is -2.19. The Hall–Kier alpha value is -2.34. The predicted molar refractivity (Wildman–Crippen MR) is 102 cm³/mol. The van der Waals surface area contributed by atoms with Gasteiger partial charge in [0.05, 0.1) is 10.9 Å². The minimum absolute atomic E-state index is 0.233. The van der Waals surface area contributed by atoms with Crippen molar-refractivity contribution in [1.82, 2.24) is 5.32 Å². The second-order valence-electron chi connectivity index (χ2n) is 6.65. The number of hydrogen-bond donors (Lipinski definition) is 1. The molecule has 2 aromatic rings. The number of carbonyl (C=O) groups excluding carboxylic acids is 1. The molecule has 0 aliphatic rings. The van der Waals surface area contributed by atoms with Crippen LogP contribution >= 0.6 is 0 Å². The third-order valence-corrected chi connectivity index (χ3v) is 5.17. The lowest BCUT2D eigenvalue weighted by atomic mass is 10.1. The van der Waals surface area contributed by atoms with Crippen LogP contribution in [0.25, 0.3) is 0 Å². The van der Waals surface area contributed by atoms with E-state index in [-0.39, 0.29) is 16.8 Å². The van der Waals surface area contributed by atoms with Gasteiger partial charge in [-0.15, -0.1) is 0 Å². The van der Waals surface area contributed by atoms with Crippen LogP contribution in [0.15, 0.2) is 47.4 Å². The van der Waals surface area contributed by atoms with Gasteiger partial charge in [-0.05, 0) is 68.7 Å². The van der Waals surface area contributed by atoms with E-state index in [0.717, 1.165) is 16.7 Å². The predicted octanol–water partition coefficient (Wildman–Crippen LogP) is 3.35. The lowest BCUT2D eigenvalue weighted by Crippen LogP contribution is -2.37. The SMILES string of the molecule is Cc1cc(C)cc(OC(C)C(=O)NC(C)c2ccc(S(C)(=O)=O)cc2)c1. The van der Waals surface area contributed by atoms with E-state index < -0.39 is 15.9 Å². The third-order valence-electron chi connectivity index (χ3n) is 4.04. The first kappa shape index (κ1) is 20.0. The monoisotopic (exact) mass is 375 g/mol. The van der Waals surface area contributed by atoms with Crippen LogP contribution in [0.1, 0.15) is 36.6 Å². The summed E-state index contributed by atoms with van der Waals surface area (Å²) in [5.74, 6) is 0.430. The topological polar surface area (TPSA) is 72.5 Å². The highest BCUT2D eigenvalue weighted by molar-refractivity contribution is 7.90. The minimum atomic E-state index is -3.23. The summed E-state index contributed by atoms with van der Waals surface area (Å²) >= 11 is 0. The average molecular weight is 375 g/mol. The molecule has 0 bridgehead atoms. The van der Waals surface area contributed by atoms with E-state index in [1.807, 2.05) is 39.0 Å².